The molecule has 1 aromatic carbocycles. The van der Waals surface area contributed by atoms with Crippen molar-refractivity contribution in [1.82, 2.24) is 9.80 Å². The van der Waals surface area contributed by atoms with E-state index in [1.165, 1.54) is 11.3 Å². The molecule has 1 spiro atoms. The lowest BCUT2D eigenvalue weighted by Gasteiger charge is -2.39. The molecule has 0 unspecified atom stereocenters. The molecule has 0 atom stereocenters. The van der Waals surface area contributed by atoms with Gasteiger partial charge in [-0.2, -0.15) is 0 Å². The summed E-state index contributed by atoms with van der Waals surface area (Å²) in [6.45, 7) is 5.01. The normalized spacial score (nSPS) is 17.4. The van der Waals surface area contributed by atoms with Crippen LogP contribution in [-0.2, 0) is 9.59 Å². The van der Waals surface area contributed by atoms with E-state index < -0.39 is 0 Å². The maximum atomic E-state index is 12.7. The number of nitrogens with zero attached hydrogens (tertiary/aromatic N) is 2. The van der Waals surface area contributed by atoms with E-state index in [4.69, 9.17) is 4.74 Å². The van der Waals surface area contributed by atoms with Gasteiger partial charge in [-0.15, -0.1) is 11.3 Å². The Hall–Kier alpha value is -2.67. The molecule has 7 heteroatoms. The number of ketones is 1. The summed E-state index contributed by atoms with van der Waals surface area (Å²) in [5.74, 6) is 1.05. The molecule has 0 saturated carbocycles. The number of rotatable bonds is 8. The topological polar surface area (TPSA) is 66.9 Å². The minimum absolute atomic E-state index is 0.0226. The van der Waals surface area contributed by atoms with Crippen LogP contribution in [0.5, 0.6) is 5.75 Å². The number of carbonyl (C=O) groups excluding carboxylic acids is 3. The second kappa shape index (κ2) is 10.5. The first-order valence-corrected chi connectivity index (χ1v) is 12.6. The van der Waals surface area contributed by atoms with Gasteiger partial charge in [-0.05, 0) is 61.1 Å². The molecule has 176 valence electrons. The maximum Gasteiger partial charge on any atom is 0.260 e. The Kier molecular flexibility index (Phi) is 7.48. The summed E-state index contributed by atoms with van der Waals surface area (Å²) >= 11 is 1.45. The number of Topliss-reactive ketones (excluding diaryl/α,β-unsaturated/α-hetero) is 1. The standard InChI is InChI=1S/C26H32N2O4S/c1-20-6-2-3-8-22(20)32-18-25(31)27-14-11-26(12-15-27)13-16-28(19-26)24(30)10-4-7-21(29)23-9-5-17-33-23/h2-3,5-6,8-9,17H,4,7,10-16,18-19H2,1H3. The predicted octanol–water partition coefficient (Wildman–Crippen LogP) is 4.33. The quantitative estimate of drug-likeness (QED) is 0.541. The van der Waals surface area contributed by atoms with Gasteiger partial charge in [-0.25, -0.2) is 0 Å². The highest BCUT2D eigenvalue weighted by Crippen LogP contribution is 2.40. The fraction of sp³-hybridized carbons (Fsp3) is 0.500. The lowest BCUT2D eigenvalue weighted by atomic mass is 9.78. The Morgan fingerprint density at radius 3 is 2.36 bits per heavy atom. The number of benzene rings is 1. The van der Waals surface area contributed by atoms with Crippen molar-refractivity contribution in [3.8, 4) is 5.75 Å². The number of likely N-dealkylation sites (tertiary alicyclic amines) is 2. The van der Waals surface area contributed by atoms with Gasteiger partial charge in [0.2, 0.25) is 5.91 Å². The summed E-state index contributed by atoms with van der Waals surface area (Å²) in [4.78, 5) is 42.1. The van der Waals surface area contributed by atoms with Crippen molar-refractivity contribution in [3.63, 3.8) is 0 Å². The highest BCUT2D eigenvalue weighted by atomic mass is 32.1. The van der Waals surface area contributed by atoms with Crippen molar-refractivity contribution in [2.24, 2.45) is 5.41 Å². The van der Waals surface area contributed by atoms with Gasteiger partial charge in [0, 0.05) is 39.0 Å². The number of hydrogen-bond acceptors (Lipinski definition) is 5. The molecule has 0 bridgehead atoms. The smallest absolute Gasteiger partial charge is 0.260 e. The van der Waals surface area contributed by atoms with Crippen LogP contribution in [0.3, 0.4) is 0 Å². The molecule has 0 aliphatic carbocycles. The molecule has 1 aromatic heterocycles. The summed E-state index contributed by atoms with van der Waals surface area (Å²) < 4.78 is 5.73. The number of aryl methyl sites for hydroxylation is 1. The third-order valence-electron chi connectivity index (χ3n) is 7.00. The van der Waals surface area contributed by atoms with E-state index in [-0.39, 0.29) is 29.6 Å². The van der Waals surface area contributed by atoms with Crippen LogP contribution in [0, 0.1) is 12.3 Å². The zero-order valence-electron chi connectivity index (χ0n) is 19.3. The van der Waals surface area contributed by atoms with Gasteiger partial charge in [0.05, 0.1) is 4.88 Å². The van der Waals surface area contributed by atoms with Crippen LogP contribution < -0.4 is 4.74 Å². The van der Waals surface area contributed by atoms with Gasteiger partial charge in [-0.3, -0.25) is 14.4 Å². The van der Waals surface area contributed by atoms with Crippen LogP contribution in [-0.4, -0.2) is 60.2 Å². The minimum Gasteiger partial charge on any atom is -0.484 e. The zero-order chi connectivity index (χ0) is 23.3. The third kappa shape index (κ3) is 5.82. The second-order valence-corrected chi connectivity index (χ2v) is 10.2. The van der Waals surface area contributed by atoms with Crippen LogP contribution >= 0.6 is 11.3 Å². The third-order valence-corrected chi connectivity index (χ3v) is 7.91. The summed E-state index contributed by atoms with van der Waals surface area (Å²) in [5.41, 5.74) is 1.14. The van der Waals surface area contributed by atoms with Crippen molar-refractivity contribution in [2.75, 3.05) is 32.8 Å². The van der Waals surface area contributed by atoms with E-state index in [1.807, 2.05) is 58.5 Å². The Balaban J connectivity index is 1.18. The number of amides is 2. The molecule has 2 aliphatic rings. The Labute approximate surface area is 199 Å². The summed E-state index contributed by atoms with van der Waals surface area (Å²) in [6.07, 6.45) is 4.28. The highest BCUT2D eigenvalue weighted by Gasteiger charge is 2.42. The molecule has 0 radical (unpaired) electrons. The Morgan fingerprint density at radius 1 is 0.939 bits per heavy atom. The number of para-hydroxylation sites is 1. The first kappa shape index (κ1) is 23.5. The van der Waals surface area contributed by atoms with E-state index in [0.717, 1.165) is 48.5 Å². The van der Waals surface area contributed by atoms with E-state index in [1.54, 1.807) is 0 Å². The lowest BCUT2D eigenvalue weighted by molar-refractivity contribution is -0.136. The van der Waals surface area contributed by atoms with Crippen molar-refractivity contribution in [2.45, 2.75) is 45.4 Å². The lowest BCUT2D eigenvalue weighted by Crippen LogP contribution is -2.46. The number of ether oxygens (including phenoxy) is 1. The molecule has 33 heavy (non-hydrogen) atoms. The van der Waals surface area contributed by atoms with Crippen molar-refractivity contribution in [3.05, 3.63) is 52.2 Å². The molecule has 3 heterocycles. The van der Waals surface area contributed by atoms with Crippen LogP contribution in [0.2, 0.25) is 0 Å². The van der Waals surface area contributed by atoms with E-state index in [9.17, 15) is 14.4 Å². The largest absolute Gasteiger partial charge is 0.484 e. The SMILES string of the molecule is Cc1ccccc1OCC(=O)N1CCC2(CC1)CCN(C(=O)CCCC(=O)c1cccs1)C2. The van der Waals surface area contributed by atoms with Crippen molar-refractivity contribution < 1.29 is 19.1 Å². The number of hydrogen-bond donors (Lipinski definition) is 0. The van der Waals surface area contributed by atoms with E-state index in [2.05, 4.69) is 0 Å². The monoisotopic (exact) mass is 468 g/mol. The van der Waals surface area contributed by atoms with Gasteiger partial charge in [0.1, 0.15) is 5.75 Å². The van der Waals surface area contributed by atoms with Crippen LogP contribution in [0.15, 0.2) is 41.8 Å². The van der Waals surface area contributed by atoms with Crippen molar-refractivity contribution >= 4 is 28.9 Å². The average molecular weight is 469 g/mol. The summed E-state index contributed by atoms with van der Waals surface area (Å²) in [5, 5.41) is 1.90. The highest BCUT2D eigenvalue weighted by molar-refractivity contribution is 7.12. The molecule has 2 aliphatic heterocycles. The van der Waals surface area contributed by atoms with Crippen molar-refractivity contribution in [1.29, 1.82) is 0 Å². The minimum atomic E-state index is 0.0226. The first-order chi connectivity index (χ1) is 16.0. The van der Waals surface area contributed by atoms with Gasteiger partial charge < -0.3 is 14.5 Å². The van der Waals surface area contributed by atoms with E-state index in [0.29, 0.717) is 32.4 Å². The average Bonchev–Trinajstić information content (AvgIpc) is 3.50. The van der Waals surface area contributed by atoms with E-state index >= 15 is 0 Å². The number of thiophene rings is 1. The molecule has 2 amide bonds. The van der Waals surface area contributed by atoms with Crippen LogP contribution in [0.1, 0.15) is 53.8 Å². The summed E-state index contributed by atoms with van der Waals surface area (Å²) in [6, 6.07) is 11.4. The van der Waals surface area contributed by atoms with Crippen LogP contribution in [0.25, 0.3) is 0 Å². The molecule has 2 saturated heterocycles. The number of piperidine rings is 1. The fourth-order valence-corrected chi connectivity index (χ4v) is 5.55. The first-order valence-electron chi connectivity index (χ1n) is 11.8. The molecular formula is C26H32N2O4S. The Morgan fingerprint density at radius 2 is 1.67 bits per heavy atom. The van der Waals surface area contributed by atoms with Gasteiger partial charge in [0.15, 0.2) is 12.4 Å². The Bertz CT molecular complexity index is 980. The van der Waals surface area contributed by atoms with Gasteiger partial charge in [-0.1, -0.05) is 24.3 Å². The van der Waals surface area contributed by atoms with Crippen LogP contribution in [0.4, 0.5) is 0 Å². The molecule has 2 fully saturated rings. The predicted molar refractivity (Wildman–Crippen MR) is 129 cm³/mol. The molecular weight excluding hydrogens is 436 g/mol. The zero-order valence-corrected chi connectivity index (χ0v) is 20.1. The molecule has 2 aromatic rings. The van der Waals surface area contributed by atoms with Gasteiger partial charge >= 0.3 is 0 Å². The molecule has 6 nitrogen and oxygen atoms in total. The molecule has 0 N–H and O–H groups in total. The maximum absolute atomic E-state index is 12.7. The summed E-state index contributed by atoms with van der Waals surface area (Å²) in [7, 11) is 0. The number of carbonyl (C=O) groups is 3. The fourth-order valence-electron chi connectivity index (χ4n) is 4.85. The molecule has 4 rings (SSSR count). The van der Waals surface area contributed by atoms with Gasteiger partial charge in [0.25, 0.3) is 5.91 Å². The second-order valence-electron chi connectivity index (χ2n) is 9.25.